The summed E-state index contributed by atoms with van der Waals surface area (Å²) in [6.07, 6.45) is 3.16. The molecule has 0 aromatic heterocycles. The van der Waals surface area contributed by atoms with Crippen LogP contribution >= 0.6 is 11.8 Å². The number of nitrogen functional groups attached to an aromatic ring is 1. The van der Waals surface area contributed by atoms with Gasteiger partial charge in [0, 0.05) is 16.8 Å². The van der Waals surface area contributed by atoms with E-state index < -0.39 is 9.84 Å². The maximum Gasteiger partial charge on any atom is 0.177 e. The van der Waals surface area contributed by atoms with Gasteiger partial charge in [0.25, 0.3) is 0 Å². The summed E-state index contributed by atoms with van der Waals surface area (Å²) in [5.41, 5.74) is 7.62. The van der Waals surface area contributed by atoms with Gasteiger partial charge in [-0.05, 0) is 42.7 Å². The Morgan fingerprint density at radius 2 is 1.75 bits per heavy atom. The molecule has 0 aliphatic carbocycles. The zero-order chi connectivity index (χ0) is 14.8. The zero-order valence-electron chi connectivity index (χ0n) is 11.3. The molecule has 0 radical (unpaired) electrons. The van der Waals surface area contributed by atoms with E-state index in [1.165, 1.54) is 6.07 Å². The first kappa shape index (κ1) is 14.7. The molecule has 0 saturated heterocycles. The summed E-state index contributed by atoms with van der Waals surface area (Å²) in [5.74, 6) is 0. The van der Waals surface area contributed by atoms with Gasteiger partial charge >= 0.3 is 0 Å². The second-order valence-electron chi connectivity index (χ2n) is 4.34. The molecule has 20 heavy (non-hydrogen) atoms. The number of para-hydroxylation sites is 1. The standard InChI is InChI=1S/C14H16N2O2S2/c1-19-11-8-6-10(7-9-11)16-12-4-3-5-13(14(12)15)20(2,17)18/h3-9,16H,15H2,1-2H3. The molecule has 2 aromatic carbocycles. The summed E-state index contributed by atoms with van der Waals surface area (Å²) in [7, 11) is -3.33. The van der Waals surface area contributed by atoms with Crippen molar-refractivity contribution in [2.24, 2.45) is 0 Å². The predicted molar refractivity (Wildman–Crippen MR) is 85.5 cm³/mol. The molecule has 0 bridgehead atoms. The van der Waals surface area contributed by atoms with Gasteiger partial charge in [-0.1, -0.05) is 6.07 Å². The molecule has 0 saturated carbocycles. The van der Waals surface area contributed by atoms with E-state index in [0.717, 1.165) is 16.8 Å². The average molecular weight is 308 g/mol. The summed E-state index contributed by atoms with van der Waals surface area (Å²) in [4.78, 5) is 1.30. The number of rotatable bonds is 4. The highest BCUT2D eigenvalue weighted by molar-refractivity contribution is 7.98. The van der Waals surface area contributed by atoms with E-state index in [9.17, 15) is 8.42 Å². The van der Waals surface area contributed by atoms with E-state index in [1.807, 2.05) is 30.5 Å². The largest absolute Gasteiger partial charge is 0.396 e. The minimum Gasteiger partial charge on any atom is -0.396 e. The van der Waals surface area contributed by atoms with Gasteiger partial charge in [-0.15, -0.1) is 11.8 Å². The third-order valence-electron chi connectivity index (χ3n) is 2.83. The normalized spacial score (nSPS) is 11.3. The first-order chi connectivity index (χ1) is 9.41. The summed E-state index contributed by atoms with van der Waals surface area (Å²) >= 11 is 1.66. The molecule has 2 aromatic rings. The number of thioether (sulfide) groups is 1. The molecule has 4 nitrogen and oxygen atoms in total. The fraction of sp³-hybridized carbons (Fsp3) is 0.143. The van der Waals surface area contributed by atoms with Crippen molar-refractivity contribution in [3.63, 3.8) is 0 Å². The molecule has 0 amide bonds. The van der Waals surface area contributed by atoms with E-state index in [0.29, 0.717) is 5.69 Å². The molecule has 2 rings (SSSR count). The van der Waals surface area contributed by atoms with Gasteiger partial charge in [0.1, 0.15) is 0 Å². The second kappa shape index (κ2) is 5.76. The molecule has 0 spiro atoms. The van der Waals surface area contributed by atoms with E-state index in [4.69, 9.17) is 5.73 Å². The van der Waals surface area contributed by atoms with Gasteiger partial charge in [0.2, 0.25) is 0 Å². The molecule has 0 aliphatic heterocycles. The van der Waals surface area contributed by atoms with Crippen LogP contribution in [0.4, 0.5) is 17.1 Å². The fourth-order valence-electron chi connectivity index (χ4n) is 1.81. The van der Waals surface area contributed by atoms with Crippen LogP contribution in [0.5, 0.6) is 0 Å². The van der Waals surface area contributed by atoms with Crippen LogP contribution in [-0.4, -0.2) is 20.9 Å². The van der Waals surface area contributed by atoms with Crippen LogP contribution < -0.4 is 11.1 Å². The number of sulfone groups is 1. The lowest BCUT2D eigenvalue weighted by Crippen LogP contribution is -2.05. The quantitative estimate of drug-likeness (QED) is 0.670. The first-order valence-corrected chi connectivity index (χ1v) is 9.03. The van der Waals surface area contributed by atoms with Gasteiger partial charge < -0.3 is 11.1 Å². The summed E-state index contributed by atoms with van der Waals surface area (Å²) in [5, 5.41) is 3.14. The van der Waals surface area contributed by atoms with Crippen LogP contribution in [0.2, 0.25) is 0 Å². The monoisotopic (exact) mass is 308 g/mol. The van der Waals surface area contributed by atoms with Gasteiger partial charge in [-0.2, -0.15) is 0 Å². The second-order valence-corrected chi connectivity index (χ2v) is 7.21. The van der Waals surface area contributed by atoms with Gasteiger partial charge in [0.05, 0.1) is 16.3 Å². The Kier molecular flexibility index (Phi) is 4.25. The maximum absolute atomic E-state index is 11.6. The van der Waals surface area contributed by atoms with Crippen LogP contribution in [0, 0.1) is 0 Å². The molecular formula is C14H16N2O2S2. The van der Waals surface area contributed by atoms with Crippen molar-refractivity contribution in [3.05, 3.63) is 42.5 Å². The van der Waals surface area contributed by atoms with Crippen molar-refractivity contribution in [1.29, 1.82) is 0 Å². The molecule has 6 heteroatoms. The van der Waals surface area contributed by atoms with Crippen LogP contribution in [0.1, 0.15) is 0 Å². The minimum absolute atomic E-state index is 0.142. The fourth-order valence-corrected chi connectivity index (χ4v) is 3.05. The molecule has 0 heterocycles. The van der Waals surface area contributed by atoms with Gasteiger partial charge in [-0.3, -0.25) is 0 Å². The van der Waals surface area contributed by atoms with Crippen molar-refractivity contribution in [2.75, 3.05) is 23.6 Å². The van der Waals surface area contributed by atoms with Crippen molar-refractivity contribution in [1.82, 2.24) is 0 Å². The molecule has 106 valence electrons. The Bertz CT molecular complexity index is 710. The van der Waals surface area contributed by atoms with Crippen molar-refractivity contribution in [2.45, 2.75) is 9.79 Å². The highest BCUT2D eigenvalue weighted by atomic mass is 32.2. The van der Waals surface area contributed by atoms with Crippen molar-refractivity contribution in [3.8, 4) is 0 Å². The third-order valence-corrected chi connectivity index (χ3v) is 4.73. The first-order valence-electron chi connectivity index (χ1n) is 5.91. The lowest BCUT2D eigenvalue weighted by atomic mass is 10.2. The van der Waals surface area contributed by atoms with Crippen molar-refractivity contribution >= 4 is 38.7 Å². The summed E-state index contributed by atoms with van der Waals surface area (Å²) in [6, 6.07) is 12.8. The predicted octanol–water partition coefficient (Wildman–Crippen LogP) is 3.14. The van der Waals surface area contributed by atoms with Crippen LogP contribution in [-0.2, 0) is 9.84 Å². The number of nitrogens with one attached hydrogen (secondary N) is 1. The third kappa shape index (κ3) is 3.26. The molecule has 0 atom stereocenters. The number of hydrogen-bond donors (Lipinski definition) is 2. The van der Waals surface area contributed by atoms with E-state index in [-0.39, 0.29) is 10.6 Å². The van der Waals surface area contributed by atoms with E-state index >= 15 is 0 Å². The van der Waals surface area contributed by atoms with E-state index in [1.54, 1.807) is 23.9 Å². The topological polar surface area (TPSA) is 72.2 Å². The SMILES string of the molecule is CSc1ccc(Nc2cccc(S(C)(=O)=O)c2N)cc1. The Labute approximate surface area is 123 Å². The number of hydrogen-bond acceptors (Lipinski definition) is 5. The van der Waals surface area contributed by atoms with Gasteiger partial charge in [-0.25, -0.2) is 8.42 Å². The smallest absolute Gasteiger partial charge is 0.177 e. The summed E-state index contributed by atoms with van der Waals surface area (Å²) in [6.45, 7) is 0. The Morgan fingerprint density at radius 1 is 1.10 bits per heavy atom. The van der Waals surface area contributed by atoms with Crippen LogP contribution in [0.3, 0.4) is 0 Å². The number of nitrogens with two attached hydrogens (primary N) is 1. The minimum atomic E-state index is -3.33. The van der Waals surface area contributed by atoms with Gasteiger partial charge in [0.15, 0.2) is 9.84 Å². The van der Waals surface area contributed by atoms with Crippen molar-refractivity contribution < 1.29 is 8.42 Å². The highest BCUT2D eigenvalue weighted by Crippen LogP contribution is 2.29. The zero-order valence-corrected chi connectivity index (χ0v) is 12.9. The lowest BCUT2D eigenvalue weighted by molar-refractivity contribution is 0.602. The lowest BCUT2D eigenvalue weighted by Gasteiger charge is -2.12. The maximum atomic E-state index is 11.6. The molecule has 3 N–H and O–H groups in total. The number of benzene rings is 2. The van der Waals surface area contributed by atoms with Crippen LogP contribution in [0.25, 0.3) is 0 Å². The Balaban J connectivity index is 2.34. The molecule has 0 aliphatic rings. The molecule has 0 fully saturated rings. The number of anilines is 3. The van der Waals surface area contributed by atoms with Crippen LogP contribution in [0.15, 0.2) is 52.3 Å². The van der Waals surface area contributed by atoms with E-state index in [2.05, 4.69) is 5.32 Å². The average Bonchev–Trinajstić information content (AvgIpc) is 2.40. The Morgan fingerprint density at radius 3 is 2.30 bits per heavy atom. The Hall–Kier alpha value is -1.66. The molecular weight excluding hydrogens is 292 g/mol. The molecule has 0 unspecified atom stereocenters. The highest BCUT2D eigenvalue weighted by Gasteiger charge is 2.14. The summed E-state index contributed by atoms with van der Waals surface area (Å²) < 4.78 is 23.3.